The van der Waals surface area contributed by atoms with Crippen LogP contribution in [0.2, 0.25) is 5.02 Å². The molecule has 1 N–H and O–H groups in total. The summed E-state index contributed by atoms with van der Waals surface area (Å²) < 4.78 is 0.914. The van der Waals surface area contributed by atoms with E-state index in [-0.39, 0.29) is 0 Å². The lowest BCUT2D eigenvalue weighted by Gasteiger charge is -2.16. The van der Waals surface area contributed by atoms with Gasteiger partial charge in [0.1, 0.15) is 5.82 Å². The number of halogens is 2. The maximum Gasteiger partial charge on any atom is 0.144 e. The van der Waals surface area contributed by atoms with E-state index in [1.54, 1.807) is 6.20 Å². The van der Waals surface area contributed by atoms with Crippen molar-refractivity contribution in [1.29, 1.82) is 0 Å². The van der Waals surface area contributed by atoms with Gasteiger partial charge in [0.2, 0.25) is 0 Å². The smallest absolute Gasteiger partial charge is 0.144 e. The van der Waals surface area contributed by atoms with Crippen LogP contribution < -0.4 is 5.32 Å². The fourth-order valence-electron chi connectivity index (χ4n) is 2.30. The van der Waals surface area contributed by atoms with E-state index in [1.807, 2.05) is 6.07 Å². The Labute approximate surface area is 110 Å². The Bertz CT molecular complexity index is 370. The Morgan fingerprint density at radius 2 is 2.38 bits per heavy atom. The van der Waals surface area contributed by atoms with Crippen LogP contribution in [0.3, 0.4) is 0 Å². The molecule has 1 aliphatic rings. The SMILES string of the molecule is CC1CCCC1CNc1ncc(Br)cc1Cl. The van der Waals surface area contributed by atoms with Crippen LogP contribution in [0.25, 0.3) is 0 Å². The van der Waals surface area contributed by atoms with Gasteiger partial charge in [-0.3, -0.25) is 0 Å². The zero-order valence-electron chi connectivity index (χ0n) is 9.34. The Kier molecular flexibility index (Phi) is 4.09. The van der Waals surface area contributed by atoms with Gasteiger partial charge >= 0.3 is 0 Å². The highest BCUT2D eigenvalue weighted by molar-refractivity contribution is 9.10. The Hall–Kier alpha value is -0.280. The van der Waals surface area contributed by atoms with Crippen LogP contribution in [-0.2, 0) is 0 Å². The predicted molar refractivity (Wildman–Crippen MR) is 71.9 cm³/mol. The summed E-state index contributed by atoms with van der Waals surface area (Å²) in [7, 11) is 0. The van der Waals surface area contributed by atoms with Gasteiger partial charge in [-0.1, -0.05) is 31.4 Å². The zero-order valence-corrected chi connectivity index (χ0v) is 11.7. The third-order valence-corrected chi connectivity index (χ3v) is 4.10. The number of nitrogens with zero attached hydrogens (tertiary/aromatic N) is 1. The molecule has 88 valence electrons. The van der Waals surface area contributed by atoms with E-state index in [4.69, 9.17) is 11.6 Å². The summed E-state index contributed by atoms with van der Waals surface area (Å²) in [5.41, 5.74) is 0. The van der Waals surface area contributed by atoms with Gasteiger partial charge in [-0.05, 0) is 40.3 Å². The molecule has 2 rings (SSSR count). The Morgan fingerprint density at radius 1 is 1.56 bits per heavy atom. The van der Waals surface area contributed by atoms with Crippen molar-refractivity contribution in [2.45, 2.75) is 26.2 Å². The molecule has 2 atom stereocenters. The Morgan fingerprint density at radius 3 is 3.00 bits per heavy atom. The monoisotopic (exact) mass is 302 g/mol. The minimum atomic E-state index is 0.681. The maximum absolute atomic E-state index is 6.10. The van der Waals surface area contributed by atoms with Crippen molar-refractivity contribution in [2.75, 3.05) is 11.9 Å². The van der Waals surface area contributed by atoms with E-state index in [1.165, 1.54) is 19.3 Å². The minimum Gasteiger partial charge on any atom is -0.369 e. The average molecular weight is 304 g/mol. The topological polar surface area (TPSA) is 24.9 Å². The van der Waals surface area contributed by atoms with Gasteiger partial charge in [0.25, 0.3) is 0 Å². The number of aromatic nitrogens is 1. The van der Waals surface area contributed by atoms with Gasteiger partial charge in [0.15, 0.2) is 0 Å². The summed E-state index contributed by atoms with van der Waals surface area (Å²) in [5.74, 6) is 2.38. The standard InChI is InChI=1S/C12H16BrClN2/c1-8-3-2-4-9(8)6-15-12-11(14)5-10(13)7-16-12/h5,7-9H,2-4,6H2,1H3,(H,15,16). The molecule has 4 heteroatoms. The molecule has 1 heterocycles. The number of anilines is 1. The van der Waals surface area contributed by atoms with E-state index in [2.05, 4.69) is 33.2 Å². The number of hydrogen-bond acceptors (Lipinski definition) is 2. The number of nitrogens with one attached hydrogen (secondary N) is 1. The number of rotatable bonds is 3. The van der Waals surface area contributed by atoms with E-state index in [0.29, 0.717) is 5.02 Å². The average Bonchev–Trinajstić information content (AvgIpc) is 2.63. The zero-order chi connectivity index (χ0) is 11.5. The van der Waals surface area contributed by atoms with Crippen molar-refractivity contribution in [1.82, 2.24) is 4.98 Å². The third kappa shape index (κ3) is 2.89. The Balaban J connectivity index is 1.94. The van der Waals surface area contributed by atoms with E-state index in [0.717, 1.165) is 28.7 Å². The first-order valence-electron chi connectivity index (χ1n) is 5.71. The third-order valence-electron chi connectivity index (χ3n) is 3.38. The highest BCUT2D eigenvalue weighted by atomic mass is 79.9. The molecular formula is C12H16BrClN2. The maximum atomic E-state index is 6.10. The molecule has 1 saturated carbocycles. The second-order valence-electron chi connectivity index (χ2n) is 4.53. The molecule has 0 amide bonds. The first-order valence-corrected chi connectivity index (χ1v) is 6.89. The molecule has 0 aliphatic heterocycles. The van der Waals surface area contributed by atoms with E-state index in [9.17, 15) is 0 Å². The molecule has 16 heavy (non-hydrogen) atoms. The van der Waals surface area contributed by atoms with Crippen LogP contribution >= 0.6 is 27.5 Å². The van der Waals surface area contributed by atoms with Crippen LogP contribution in [0.1, 0.15) is 26.2 Å². The van der Waals surface area contributed by atoms with Crippen molar-refractivity contribution < 1.29 is 0 Å². The lowest BCUT2D eigenvalue weighted by atomic mass is 9.98. The minimum absolute atomic E-state index is 0.681. The molecule has 1 aliphatic carbocycles. The predicted octanol–water partition coefficient (Wildman–Crippen LogP) is 4.35. The van der Waals surface area contributed by atoms with Crippen LogP contribution in [0, 0.1) is 11.8 Å². The molecule has 0 saturated heterocycles. The normalized spacial score (nSPS) is 24.7. The van der Waals surface area contributed by atoms with Gasteiger partial charge in [0.05, 0.1) is 5.02 Å². The van der Waals surface area contributed by atoms with Crippen molar-refractivity contribution in [3.8, 4) is 0 Å². The lowest BCUT2D eigenvalue weighted by molar-refractivity contribution is 0.439. The first kappa shape index (κ1) is 12.2. The second-order valence-corrected chi connectivity index (χ2v) is 5.86. The van der Waals surface area contributed by atoms with Gasteiger partial charge in [-0.2, -0.15) is 0 Å². The molecule has 0 spiro atoms. The van der Waals surface area contributed by atoms with Crippen molar-refractivity contribution in [2.24, 2.45) is 11.8 Å². The molecule has 1 aromatic rings. The van der Waals surface area contributed by atoms with Crippen molar-refractivity contribution in [3.63, 3.8) is 0 Å². The van der Waals surface area contributed by atoms with Crippen LogP contribution in [0.15, 0.2) is 16.7 Å². The second kappa shape index (κ2) is 5.37. The van der Waals surface area contributed by atoms with Gasteiger partial charge in [0, 0.05) is 17.2 Å². The van der Waals surface area contributed by atoms with E-state index < -0.39 is 0 Å². The molecule has 2 unspecified atom stereocenters. The fraction of sp³-hybridized carbons (Fsp3) is 0.583. The van der Waals surface area contributed by atoms with Crippen LogP contribution in [0.5, 0.6) is 0 Å². The van der Waals surface area contributed by atoms with Crippen LogP contribution in [-0.4, -0.2) is 11.5 Å². The molecule has 1 fully saturated rings. The van der Waals surface area contributed by atoms with Crippen molar-refractivity contribution in [3.05, 3.63) is 21.8 Å². The van der Waals surface area contributed by atoms with E-state index >= 15 is 0 Å². The molecule has 0 aromatic carbocycles. The summed E-state index contributed by atoms with van der Waals surface area (Å²) in [6.07, 6.45) is 5.80. The highest BCUT2D eigenvalue weighted by Crippen LogP contribution is 2.31. The summed E-state index contributed by atoms with van der Waals surface area (Å²) in [5, 5.41) is 4.03. The lowest BCUT2D eigenvalue weighted by Crippen LogP contribution is -2.17. The fourth-order valence-corrected chi connectivity index (χ4v) is 2.99. The largest absolute Gasteiger partial charge is 0.369 e. The molecule has 0 bridgehead atoms. The molecule has 1 aromatic heterocycles. The first-order chi connectivity index (χ1) is 7.66. The van der Waals surface area contributed by atoms with Gasteiger partial charge < -0.3 is 5.32 Å². The highest BCUT2D eigenvalue weighted by Gasteiger charge is 2.23. The van der Waals surface area contributed by atoms with Crippen LogP contribution in [0.4, 0.5) is 5.82 Å². The quantitative estimate of drug-likeness (QED) is 0.898. The van der Waals surface area contributed by atoms with Gasteiger partial charge in [-0.25, -0.2) is 4.98 Å². The number of hydrogen-bond donors (Lipinski definition) is 1. The molecule has 0 radical (unpaired) electrons. The summed E-state index contributed by atoms with van der Waals surface area (Å²) in [6, 6.07) is 1.87. The summed E-state index contributed by atoms with van der Waals surface area (Å²) in [6.45, 7) is 3.31. The number of pyridine rings is 1. The summed E-state index contributed by atoms with van der Waals surface area (Å²) >= 11 is 9.44. The molecule has 2 nitrogen and oxygen atoms in total. The van der Waals surface area contributed by atoms with Crippen molar-refractivity contribution >= 4 is 33.3 Å². The molecular weight excluding hydrogens is 288 g/mol. The van der Waals surface area contributed by atoms with Gasteiger partial charge in [-0.15, -0.1) is 0 Å². The summed E-state index contributed by atoms with van der Waals surface area (Å²) in [4.78, 5) is 4.27.